The summed E-state index contributed by atoms with van der Waals surface area (Å²) in [7, 11) is 1.29. The smallest absolute Gasteiger partial charge is 0.337 e. The lowest BCUT2D eigenvalue weighted by Crippen LogP contribution is -2.27. The summed E-state index contributed by atoms with van der Waals surface area (Å²) in [6.07, 6.45) is 0.0186. The first-order chi connectivity index (χ1) is 13.0. The van der Waals surface area contributed by atoms with Gasteiger partial charge in [-0.25, -0.2) is 4.79 Å². The van der Waals surface area contributed by atoms with Crippen LogP contribution in [0.3, 0.4) is 0 Å². The zero-order valence-electron chi connectivity index (χ0n) is 14.5. The summed E-state index contributed by atoms with van der Waals surface area (Å²) in [5, 5.41) is 1.77. The lowest BCUT2D eigenvalue weighted by molar-refractivity contribution is -0.147. The van der Waals surface area contributed by atoms with E-state index in [1.165, 1.54) is 23.3 Å². The molecule has 1 aliphatic rings. The number of Topliss-reactive ketones (excluding diaryl/α,β-unsaturated/α-hetero) is 1. The van der Waals surface area contributed by atoms with Crippen molar-refractivity contribution in [1.29, 1.82) is 0 Å². The number of carbonyl (C=O) groups excluding carboxylic acids is 4. The lowest BCUT2D eigenvalue weighted by Gasteiger charge is -2.16. The first kappa shape index (κ1) is 18.8. The van der Waals surface area contributed by atoms with E-state index in [2.05, 4.69) is 4.74 Å². The highest BCUT2D eigenvalue weighted by Gasteiger charge is 2.36. The van der Waals surface area contributed by atoms with Gasteiger partial charge < -0.3 is 14.4 Å². The van der Waals surface area contributed by atoms with Gasteiger partial charge in [0, 0.05) is 18.7 Å². The van der Waals surface area contributed by atoms with Crippen LogP contribution in [0.15, 0.2) is 41.8 Å². The van der Waals surface area contributed by atoms with Crippen molar-refractivity contribution in [3.8, 4) is 0 Å². The molecule has 0 spiro atoms. The molecule has 8 heteroatoms. The third kappa shape index (κ3) is 4.22. The first-order valence-corrected chi connectivity index (χ1v) is 9.09. The van der Waals surface area contributed by atoms with Crippen molar-refractivity contribution in [2.24, 2.45) is 5.92 Å². The van der Waals surface area contributed by atoms with Gasteiger partial charge in [0.2, 0.25) is 11.7 Å². The maximum atomic E-state index is 12.3. The standard InChI is InChI=1S/C19H17NO6S/c1-25-18(23)12-4-6-14(7-5-12)20-10-13(9-17(20)22)19(24)26-11-15(21)16-3-2-8-27-16/h2-8,13H,9-11H2,1H3/t13-/m1/s1. The monoisotopic (exact) mass is 387 g/mol. The molecule has 1 atom stereocenters. The van der Waals surface area contributed by atoms with Crippen LogP contribution in [0.4, 0.5) is 5.69 Å². The van der Waals surface area contributed by atoms with E-state index in [-0.39, 0.29) is 31.3 Å². The van der Waals surface area contributed by atoms with Crippen molar-refractivity contribution < 1.29 is 28.7 Å². The summed E-state index contributed by atoms with van der Waals surface area (Å²) < 4.78 is 9.72. The maximum Gasteiger partial charge on any atom is 0.337 e. The molecule has 0 radical (unpaired) electrons. The third-order valence-corrected chi connectivity index (χ3v) is 5.11. The number of ketones is 1. The second-order valence-electron chi connectivity index (χ2n) is 5.95. The number of carbonyl (C=O) groups is 4. The van der Waals surface area contributed by atoms with E-state index in [0.29, 0.717) is 16.1 Å². The Morgan fingerprint density at radius 2 is 1.93 bits per heavy atom. The highest BCUT2D eigenvalue weighted by molar-refractivity contribution is 7.12. The molecule has 1 fully saturated rings. The molecule has 3 rings (SSSR count). The molecule has 2 heterocycles. The van der Waals surface area contributed by atoms with Crippen molar-refractivity contribution in [2.75, 3.05) is 25.2 Å². The van der Waals surface area contributed by atoms with E-state index in [1.807, 2.05) is 0 Å². The van der Waals surface area contributed by atoms with E-state index < -0.39 is 17.9 Å². The van der Waals surface area contributed by atoms with Gasteiger partial charge in [0.05, 0.1) is 23.5 Å². The number of hydrogen-bond donors (Lipinski definition) is 0. The molecule has 1 amide bonds. The summed E-state index contributed by atoms with van der Waals surface area (Å²) in [6, 6.07) is 9.77. The molecule has 0 N–H and O–H groups in total. The Labute approximate surface area is 159 Å². The molecule has 1 aliphatic heterocycles. The molecular weight excluding hydrogens is 370 g/mol. The van der Waals surface area contributed by atoms with E-state index in [0.717, 1.165) is 0 Å². The third-order valence-electron chi connectivity index (χ3n) is 4.20. The Bertz CT molecular complexity index is 859. The van der Waals surface area contributed by atoms with Gasteiger partial charge in [0.15, 0.2) is 6.61 Å². The number of nitrogens with zero attached hydrogens (tertiary/aromatic N) is 1. The van der Waals surface area contributed by atoms with Gasteiger partial charge >= 0.3 is 11.9 Å². The van der Waals surface area contributed by atoms with Crippen molar-refractivity contribution in [1.82, 2.24) is 0 Å². The average Bonchev–Trinajstić information content (AvgIpc) is 3.35. The fourth-order valence-electron chi connectivity index (χ4n) is 2.77. The predicted octanol–water partition coefficient (Wildman–Crippen LogP) is 2.31. The second kappa shape index (κ2) is 8.13. The highest BCUT2D eigenvalue weighted by atomic mass is 32.1. The number of esters is 2. The molecule has 1 aromatic heterocycles. The number of methoxy groups -OCH3 is 1. The Balaban J connectivity index is 1.58. The molecule has 2 aromatic rings. The zero-order valence-corrected chi connectivity index (χ0v) is 15.4. The van der Waals surface area contributed by atoms with Gasteiger partial charge in [-0.15, -0.1) is 11.3 Å². The topological polar surface area (TPSA) is 90.0 Å². The van der Waals surface area contributed by atoms with Gasteiger partial charge in [0.25, 0.3) is 0 Å². The van der Waals surface area contributed by atoms with Gasteiger partial charge in [-0.1, -0.05) is 6.07 Å². The van der Waals surface area contributed by atoms with Crippen molar-refractivity contribution in [3.05, 3.63) is 52.2 Å². The van der Waals surface area contributed by atoms with Crippen LogP contribution in [0, 0.1) is 5.92 Å². The molecule has 0 aliphatic carbocycles. The number of amides is 1. The van der Waals surface area contributed by atoms with Crippen LogP contribution in [0.1, 0.15) is 26.5 Å². The number of hydrogen-bond acceptors (Lipinski definition) is 7. The van der Waals surface area contributed by atoms with Crippen LogP contribution in [0.25, 0.3) is 0 Å². The van der Waals surface area contributed by atoms with Crippen LogP contribution < -0.4 is 4.90 Å². The van der Waals surface area contributed by atoms with Crippen molar-refractivity contribution in [2.45, 2.75) is 6.42 Å². The van der Waals surface area contributed by atoms with Crippen molar-refractivity contribution in [3.63, 3.8) is 0 Å². The minimum absolute atomic E-state index is 0.0186. The highest BCUT2D eigenvalue weighted by Crippen LogP contribution is 2.26. The quantitative estimate of drug-likeness (QED) is 0.558. The van der Waals surface area contributed by atoms with Gasteiger partial charge in [0.1, 0.15) is 0 Å². The number of rotatable bonds is 6. The van der Waals surface area contributed by atoms with Crippen LogP contribution in [0.2, 0.25) is 0 Å². The van der Waals surface area contributed by atoms with Crippen LogP contribution in [-0.2, 0) is 19.1 Å². The minimum atomic E-state index is -0.631. The normalized spacial score (nSPS) is 16.3. The first-order valence-electron chi connectivity index (χ1n) is 8.21. The summed E-state index contributed by atoms with van der Waals surface area (Å²) in [5.41, 5.74) is 0.952. The molecule has 27 heavy (non-hydrogen) atoms. The maximum absolute atomic E-state index is 12.3. The molecular formula is C19H17NO6S. The van der Waals surface area contributed by atoms with Crippen LogP contribution >= 0.6 is 11.3 Å². The predicted molar refractivity (Wildman–Crippen MR) is 97.9 cm³/mol. The van der Waals surface area contributed by atoms with E-state index in [9.17, 15) is 19.2 Å². The van der Waals surface area contributed by atoms with Gasteiger partial charge in [-0.05, 0) is 35.7 Å². The molecule has 7 nitrogen and oxygen atoms in total. The molecule has 140 valence electrons. The van der Waals surface area contributed by atoms with Gasteiger partial charge in [-0.3, -0.25) is 14.4 Å². The Morgan fingerprint density at radius 1 is 1.19 bits per heavy atom. The summed E-state index contributed by atoms with van der Waals surface area (Å²) >= 11 is 1.28. The summed E-state index contributed by atoms with van der Waals surface area (Å²) in [6.45, 7) is -0.166. The number of ether oxygens (including phenoxy) is 2. The Hall–Kier alpha value is -3.00. The Morgan fingerprint density at radius 3 is 2.56 bits per heavy atom. The molecule has 0 unspecified atom stereocenters. The second-order valence-corrected chi connectivity index (χ2v) is 6.90. The van der Waals surface area contributed by atoms with Crippen LogP contribution in [0.5, 0.6) is 0 Å². The van der Waals surface area contributed by atoms with E-state index in [1.54, 1.807) is 41.8 Å². The molecule has 1 saturated heterocycles. The number of benzene rings is 1. The fourth-order valence-corrected chi connectivity index (χ4v) is 3.42. The van der Waals surface area contributed by atoms with E-state index in [4.69, 9.17) is 4.74 Å². The van der Waals surface area contributed by atoms with E-state index >= 15 is 0 Å². The molecule has 1 aromatic carbocycles. The SMILES string of the molecule is COC(=O)c1ccc(N2C[C@H](C(=O)OCC(=O)c3cccs3)CC2=O)cc1. The Kier molecular flexibility index (Phi) is 5.66. The average molecular weight is 387 g/mol. The summed E-state index contributed by atoms with van der Waals surface area (Å²) in [5.74, 6) is -2.15. The largest absolute Gasteiger partial charge is 0.465 e. The van der Waals surface area contributed by atoms with Crippen LogP contribution in [-0.4, -0.2) is 43.9 Å². The molecule has 0 saturated carbocycles. The van der Waals surface area contributed by atoms with Gasteiger partial charge in [-0.2, -0.15) is 0 Å². The zero-order chi connectivity index (χ0) is 19.4. The molecule has 0 bridgehead atoms. The minimum Gasteiger partial charge on any atom is -0.465 e. The number of anilines is 1. The lowest BCUT2D eigenvalue weighted by atomic mass is 10.1. The number of thiophene rings is 1. The summed E-state index contributed by atoms with van der Waals surface area (Å²) in [4.78, 5) is 49.8. The fraction of sp³-hybridized carbons (Fsp3) is 0.263. The van der Waals surface area contributed by atoms with Crippen molar-refractivity contribution >= 4 is 40.7 Å².